The SMILES string of the molecule is CNC(CCc1cccs1)c1ccncc1C. The first-order valence-corrected chi connectivity index (χ1v) is 6.79. The summed E-state index contributed by atoms with van der Waals surface area (Å²) in [7, 11) is 2.03. The van der Waals surface area contributed by atoms with E-state index < -0.39 is 0 Å². The van der Waals surface area contributed by atoms with Crippen molar-refractivity contribution >= 4 is 11.3 Å². The number of aromatic nitrogens is 1. The van der Waals surface area contributed by atoms with Gasteiger partial charge < -0.3 is 5.32 Å². The Balaban J connectivity index is 2.04. The van der Waals surface area contributed by atoms with Crippen LogP contribution in [0.5, 0.6) is 0 Å². The highest BCUT2D eigenvalue weighted by molar-refractivity contribution is 7.09. The minimum Gasteiger partial charge on any atom is -0.313 e. The van der Waals surface area contributed by atoms with Crippen LogP contribution >= 0.6 is 11.3 Å². The molecule has 0 saturated heterocycles. The van der Waals surface area contributed by atoms with Gasteiger partial charge in [0.2, 0.25) is 0 Å². The van der Waals surface area contributed by atoms with Crippen LogP contribution in [-0.2, 0) is 6.42 Å². The van der Waals surface area contributed by atoms with Crippen LogP contribution in [0.1, 0.15) is 28.5 Å². The number of hydrogen-bond acceptors (Lipinski definition) is 3. The van der Waals surface area contributed by atoms with E-state index in [0.29, 0.717) is 6.04 Å². The third-order valence-electron chi connectivity index (χ3n) is 3.05. The Hall–Kier alpha value is -1.19. The Labute approximate surface area is 107 Å². The molecule has 0 bridgehead atoms. The third kappa shape index (κ3) is 3.14. The molecule has 90 valence electrons. The van der Waals surface area contributed by atoms with E-state index >= 15 is 0 Å². The number of hydrogen-bond donors (Lipinski definition) is 1. The number of nitrogens with one attached hydrogen (secondary N) is 1. The summed E-state index contributed by atoms with van der Waals surface area (Å²) in [4.78, 5) is 5.60. The summed E-state index contributed by atoms with van der Waals surface area (Å²) >= 11 is 1.83. The van der Waals surface area contributed by atoms with Crippen molar-refractivity contribution in [2.75, 3.05) is 7.05 Å². The molecule has 2 nitrogen and oxygen atoms in total. The van der Waals surface area contributed by atoms with E-state index in [1.807, 2.05) is 30.8 Å². The Morgan fingerprint density at radius 2 is 2.29 bits per heavy atom. The Morgan fingerprint density at radius 3 is 2.94 bits per heavy atom. The van der Waals surface area contributed by atoms with Gasteiger partial charge in [-0.3, -0.25) is 4.98 Å². The molecule has 2 rings (SSSR count). The van der Waals surface area contributed by atoms with Gasteiger partial charge in [0.05, 0.1) is 0 Å². The molecule has 2 aromatic rings. The van der Waals surface area contributed by atoms with Gasteiger partial charge in [-0.15, -0.1) is 11.3 Å². The van der Waals surface area contributed by atoms with E-state index in [2.05, 4.69) is 40.8 Å². The Kier molecular flexibility index (Phi) is 4.29. The molecule has 1 atom stereocenters. The predicted molar refractivity (Wildman–Crippen MR) is 73.4 cm³/mol. The fraction of sp³-hybridized carbons (Fsp3) is 0.357. The number of pyridine rings is 1. The maximum Gasteiger partial charge on any atom is 0.0324 e. The first-order chi connectivity index (χ1) is 8.31. The molecule has 0 aliphatic rings. The maximum absolute atomic E-state index is 4.15. The van der Waals surface area contributed by atoms with Gasteiger partial charge in [-0.1, -0.05) is 6.07 Å². The molecule has 0 saturated carbocycles. The fourth-order valence-corrected chi connectivity index (χ4v) is 2.80. The topological polar surface area (TPSA) is 24.9 Å². The molecule has 3 heteroatoms. The van der Waals surface area contributed by atoms with Crippen LogP contribution in [0.4, 0.5) is 0 Å². The zero-order valence-electron chi connectivity index (χ0n) is 10.3. The van der Waals surface area contributed by atoms with Gasteiger partial charge in [0.1, 0.15) is 0 Å². The van der Waals surface area contributed by atoms with E-state index in [1.165, 1.54) is 16.0 Å². The molecule has 0 aliphatic heterocycles. The zero-order chi connectivity index (χ0) is 12.1. The quantitative estimate of drug-likeness (QED) is 0.875. The van der Waals surface area contributed by atoms with Gasteiger partial charge in [0.25, 0.3) is 0 Å². The standard InChI is InChI=1S/C14H18N2S/c1-11-10-16-8-7-13(11)14(15-2)6-5-12-4-3-9-17-12/h3-4,7-10,14-15H,5-6H2,1-2H3. The molecule has 0 spiro atoms. The minimum atomic E-state index is 0.417. The van der Waals surface area contributed by atoms with Crippen LogP contribution in [-0.4, -0.2) is 12.0 Å². The molecule has 1 N–H and O–H groups in total. The van der Waals surface area contributed by atoms with E-state index in [1.54, 1.807) is 0 Å². The second kappa shape index (κ2) is 5.94. The first kappa shape index (κ1) is 12.3. The maximum atomic E-state index is 4.15. The second-order valence-electron chi connectivity index (χ2n) is 4.19. The lowest BCUT2D eigenvalue weighted by molar-refractivity contribution is 0.548. The molecule has 0 fully saturated rings. The Morgan fingerprint density at radius 1 is 1.41 bits per heavy atom. The number of nitrogens with zero attached hydrogens (tertiary/aromatic N) is 1. The first-order valence-electron chi connectivity index (χ1n) is 5.91. The lowest BCUT2D eigenvalue weighted by Gasteiger charge is -2.18. The van der Waals surface area contributed by atoms with Gasteiger partial charge in [-0.25, -0.2) is 0 Å². The zero-order valence-corrected chi connectivity index (χ0v) is 11.1. The molecule has 17 heavy (non-hydrogen) atoms. The predicted octanol–water partition coefficient (Wildman–Crippen LogP) is 3.34. The number of rotatable bonds is 5. The lowest BCUT2D eigenvalue weighted by Crippen LogP contribution is -2.18. The fourth-order valence-electron chi connectivity index (χ4n) is 2.07. The van der Waals surface area contributed by atoms with Crippen molar-refractivity contribution in [3.63, 3.8) is 0 Å². The average molecular weight is 246 g/mol. The minimum absolute atomic E-state index is 0.417. The molecule has 0 radical (unpaired) electrons. The van der Waals surface area contributed by atoms with Gasteiger partial charge >= 0.3 is 0 Å². The van der Waals surface area contributed by atoms with E-state index in [4.69, 9.17) is 0 Å². The van der Waals surface area contributed by atoms with E-state index in [9.17, 15) is 0 Å². The molecule has 2 aromatic heterocycles. The van der Waals surface area contributed by atoms with Crippen LogP contribution in [0.15, 0.2) is 36.0 Å². The monoisotopic (exact) mass is 246 g/mol. The van der Waals surface area contributed by atoms with E-state index in [-0.39, 0.29) is 0 Å². The third-order valence-corrected chi connectivity index (χ3v) is 3.98. The smallest absolute Gasteiger partial charge is 0.0324 e. The summed E-state index contributed by atoms with van der Waals surface area (Å²) in [6.07, 6.45) is 6.06. The summed E-state index contributed by atoms with van der Waals surface area (Å²) in [5.74, 6) is 0. The van der Waals surface area contributed by atoms with Crippen molar-refractivity contribution in [1.29, 1.82) is 0 Å². The largest absolute Gasteiger partial charge is 0.313 e. The van der Waals surface area contributed by atoms with Crippen molar-refractivity contribution < 1.29 is 0 Å². The van der Waals surface area contributed by atoms with Gasteiger partial charge in [-0.2, -0.15) is 0 Å². The van der Waals surface area contributed by atoms with Crippen LogP contribution in [0.25, 0.3) is 0 Å². The average Bonchev–Trinajstić information content (AvgIpc) is 2.85. The molecule has 0 amide bonds. The van der Waals surface area contributed by atoms with Crippen molar-refractivity contribution in [3.05, 3.63) is 52.0 Å². The number of aryl methyl sites for hydroxylation is 2. The summed E-state index contributed by atoms with van der Waals surface area (Å²) < 4.78 is 0. The molecule has 0 aliphatic carbocycles. The van der Waals surface area contributed by atoms with Crippen LogP contribution in [0, 0.1) is 6.92 Å². The molecule has 2 heterocycles. The van der Waals surface area contributed by atoms with Crippen LogP contribution < -0.4 is 5.32 Å². The molecule has 0 aromatic carbocycles. The van der Waals surface area contributed by atoms with Gasteiger partial charge in [0, 0.05) is 23.3 Å². The number of thiophene rings is 1. The lowest BCUT2D eigenvalue weighted by atomic mass is 9.99. The van der Waals surface area contributed by atoms with Crippen molar-refractivity contribution in [1.82, 2.24) is 10.3 Å². The van der Waals surface area contributed by atoms with Gasteiger partial charge in [-0.05, 0) is 55.5 Å². The summed E-state index contributed by atoms with van der Waals surface area (Å²) in [6.45, 7) is 2.12. The molecule has 1 unspecified atom stereocenters. The van der Waals surface area contributed by atoms with E-state index in [0.717, 1.165) is 12.8 Å². The van der Waals surface area contributed by atoms with Gasteiger partial charge in [0.15, 0.2) is 0 Å². The second-order valence-corrected chi connectivity index (χ2v) is 5.22. The normalized spacial score (nSPS) is 12.6. The molecular formula is C14H18N2S. The highest BCUT2D eigenvalue weighted by atomic mass is 32.1. The Bertz CT molecular complexity index is 451. The highest BCUT2D eigenvalue weighted by Crippen LogP contribution is 2.22. The summed E-state index contributed by atoms with van der Waals surface area (Å²) in [6, 6.07) is 6.86. The molecular weight excluding hydrogens is 228 g/mol. The summed E-state index contributed by atoms with van der Waals surface area (Å²) in [5, 5.41) is 5.54. The highest BCUT2D eigenvalue weighted by Gasteiger charge is 2.11. The van der Waals surface area contributed by atoms with Crippen molar-refractivity contribution in [3.8, 4) is 0 Å². The van der Waals surface area contributed by atoms with Crippen molar-refractivity contribution in [2.24, 2.45) is 0 Å². The van der Waals surface area contributed by atoms with Crippen LogP contribution in [0.3, 0.4) is 0 Å². The van der Waals surface area contributed by atoms with Crippen molar-refractivity contribution in [2.45, 2.75) is 25.8 Å². The van der Waals surface area contributed by atoms with Crippen LogP contribution in [0.2, 0.25) is 0 Å². The summed E-state index contributed by atoms with van der Waals surface area (Å²) in [5.41, 5.74) is 2.62.